The summed E-state index contributed by atoms with van der Waals surface area (Å²) in [5.41, 5.74) is 1.99. The van der Waals surface area contributed by atoms with E-state index >= 15 is 0 Å². The molecule has 3 rings (SSSR count). The Morgan fingerprint density at radius 1 is 1.06 bits per heavy atom. The van der Waals surface area contributed by atoms with Crippen molar-refractivity contribution in [3.63, 3.8) is 0 Å². The van der Waals surface area contributed by atoms with Crippen LogP contribution in [0, 0.1) is 18.6 Å². The van der Waals surface area contributed by atoms with Crippen LogP contribution in [0.2, 0.25) is 0 Å². The van der Waals surface area contributed by atoms with Crippen molar-refractivity contribution in [2.75, 3.05) is 7.11 Å². The standard InChI is InChI=1S/C23H20F2N2O4/c1-13-3-5-14(6-4-13)19(12-21(28)29)27-23(30)18-9-10-20(31-2)22(26-18)15-7-8-16(24)17(25)11-15/h3-11,19H,12H2,1-2H3,(H,27,30)(H,28,29). The highest BCUT2D eigenvalue weighted by molar-refractivity contribution is 5.93. The molecule has 1 amide bonds. The normalized spacial score (nSPS) is 11.6. The van der Waals surface area contributed by atoms with Crippen molar-refractivity contribution >= 4 is 11.9 Å². The van der Waals surface area contributed by atoms with Gasteiger partial charge in [-0.15, -0.1) is 0 Å². The monoisotopic (exact) mass is 426 g/mol. The molecule has 0 bridgehead atoms. The Balaban J connectivity index is 1.93. The summed E-state index contributed by atoms with van der Waals surface area (Å²) in [5.74, 6) is -3.49. The number of amides is 1. The number of ether oxygens (including phenoxy) is 1. The molecule has 0 radical (unpaired) electrons. The number of carboxylic acids is 1. The number of hydrogen-bond acceptors (Lipinski definition) is 4. The van der Waals surface area contributed by atoms with Crippen molar-refractivity contribution in [1.29, 1.82) is 0 Å². The lowest BCUT2D eigenvalue weighted by molar-refractivity contribution is -0.137. The first-order valence-corrected chi connectivity index (χ1v) is 9.38. The molecular formula is C23H20F2N2O4. The summed E-state index contributed by atoms with van der Waals surface area (Å²) in [6.07, 6.45) is -0.318. The van der Waals surface area contributed by atoms with E-state index in [4.69, 9.17) is 4.74 Å². The van der Waals surface area contributed by atoms with Gasteiger partial charge in [-0.3, -0.25) is 9.59 Å². The average molecular weight is 426 g/mol. The minimum Gasteiger partial charge on any atom is -0.494 e. The van der Waals surface area contributed by atoms with Crippen molar-refractivity contribution in [2.45, 2.75) is 19.4 Å². The van der Waals surface area contributed by atoms with Gasteiger partial charge in [-0.05, 0) is 42.8 Å². The lowest BCUT2D eigenvalue weighted by Crippen LogP contribution is -2.30. The highest BCUT2D eigenvalue weighted by atomic mass is 19.2. The van der Waals surface area contributed by atoms with Crippen LogP contribution < -0.4 is 10.1 Å². The van der Waals surface area contributed by atoms with Gasteiger partial charge in [-0.25, -0.2) is 13.8 Å². The summed E-state index contributed by atoms with van der Waals surface area (Å²) >= 11 is 0. The van der Waals surface area contributed by atoms with Crippen molar-refractivity contribution in [3.05, 3.63) is 83.1 Å². The van der Waals surface area contributed by atoms with E-state index < -0.39 is 29.6 Å². The molecule has 2 aromatic carbocycles. The fraction of sp³-hybridized carbons (Fsp3) is 0.174. The number of methoxy groups -OCH3 is 1. The van der Waals surface area contributed by atoms with Crippen LogP contribution in [0.5, 0.6) is 5.75 Å². The highest BCUT2D eigenvalue weighted by Crippen LogP contribution is 2.29. The Bertz CT molecular complexity index is 1120. The Labute approximate surface area is 177 Å². The Morgan fingerprint density at radius 2 is 1.77 bits per heavy atom. The average Bonchev–Trinajstić information content (AvgIpc) is 2.75. The molecule has 1 aromatic heterocycles. The lowest BCUT2D eigenvalue weighted by atomic mass is 10.0. The molecule has 0 aliphatic carbocycles. The molecule has 1 atom stereocenters. The predicted molar refractivity (Wildman–Crippen MR) is 110 cm³/mol. The smallest absolute Gasteiger partial charge is 0.305 e. The van der Waals surface area contributed by atoms with E-state index in [-0.39, 0.29) is 29.1 Å². The predicted octanol–water partition coefficient (Wildman–Crippen LogP) is 4.29. The Hall–Kier alpha value is -3.81. The molecule has 6 nitrogen and oxygen atoms in total. The second kappa shape index (κ2) is 9.34. The molecule has 2 N–H and O–H groups in total. The number of benzene rings is 2. The summed E-state index contributed by atoms with van der Waals surface area (Å²) in [6.45, 7) is 1.90. The van der Waals surface area contributed by atoms with Crippen LogP contribution in [0.25, 0.3) is 11.3 Å². The SMILES string of the molecule is COc1ccc(C(=O)NC(CC(=O)O)c2ccc(C)cc2)nc1-c1ccc(F)c(F)c1. The lowest BCUT2D eigenvalue weighted by Gasteiger charge is -2.18. The van der Waals surface area contributed by atoms with Gasteiger partial charge in [-0.1, -0.05) is 29.8 Å². The Kier molecular flexibility index (Phi) is 6.59. The number of pyridine rings is 1. The number of hydrogen-bond donors (Lipinski definition) is 2. The number of nitrogens with one attached hydrogen (secondary N) is 1. The number of carbonyl (C=O) groups excluding carboxylic acids is 1. The summed E-state index contributed by atoms with van der Waals surface area (Å²) in [6, 6.07) is 12.5. The molecule has 0 saturated heterocycles. The second-order valence-electron chi connectivity index (χ2n) is 6.91. The summed E-state index contributed by atoms with van der Waals surface area (Å²) in [5, 5.41) is 11.9. The summed E-state index contributed by atoms with van der Waals surface area (Å²) < 4.78 is 32.2. The van der Waals surface area contributed by atoms with Gasteiger partial charge in [-0.2, -0.15) is 0 Å². The van der Waals surface area contributed by atoms with Crippen LogP contribution in [-0.2, 0) is 4.79 Å². The molecule has 1 heterocycles. The number of aliphatic carboxylic acids is 1. The van der Waals surface area contributed by atoms with Crippen molar-refractivity contribution in [3.8, 4) is 17.0 Å². The van der Waals surface area contributed by atoms with E-state index in [9.17, 15) is 23.5 Å². The number of aryl methyl sites for hydroxylation is 1. The molecule has 0 aliphatic rings. The van der Waals surface area contributed by atoms with Crippen LogP contribution in [0.15, 0.2) is 54.6 Å². The number of aromatic nitrogens is 1. The zero-order chi connectivity index (χ0) is 22.5. The molecule has 0 aliphatic heterocycles. The van der Waals surface area contributed by atoms with Gasteiger partial charge in [0.25, 0.3) is 5.91 Å². The van der Waals surface area contributed by atoms with Crippen LogP contribution in [-0.4, -0.2) is 29.1 Å². The van der Waals surface area contributed by atoms with Crippen LogP contribution >= 0.6 is 0 Å². The first-order chi connectivity index (χ1) is 14.8. The highest BCUT2D eigenvalue weighted by Gasteiger charge is 2.21. The van der Waals surface area contributed by atoms with Gasteiger partial charge < -0.3 is 15.2 Å². The minimum absolute atomic E-state index is 0.0250. The number of nitrogens with zero attached hydrogens (tertiary/aromatic N) is 1. The van der Waals surface area contributed by atoms with E-state index in [0.29, 0.717) is 5.56 Å². The molecule has 0 spiro atoms. The number of rotatable bonds is 7. The topological polar surface area (TPSA) is 88.5 Å². The zero-order valence-corrected chi connectivity index (χ0v) is 16.9. The first-order valence-electron chi connectivity index (χ1n) is 9.38. The largest absolute Gasteiger partial charge is 0.494 e. The van der Waals surface area contributed by atoms with Crippen LogP contribution in [0.1, 0.15) is 34.1 Å². The molecule has 3 aromatic rings. The van der Waals surface area contributed by atoms with Crippen molar-refractivity contribution in [1.82, 2.24) is 10.3 Å². The van der Waals surface area contributed by atoms with Crippen LogP contribution in [0.3, 0.4) is 0 Å². The quantitative estimate of drug-likeness (QED) is 0.588. The van der Waals surface area contributed by atoms with Crippen molar-refractivity contribution < 1.29 is 28.2 Å². The Morgan fingerprint density at radius 3 is 2.39 bits per heavy atom. The molecule has 31 heavy (non-hydrogen) atoms. The van der Waals surface area contributed by atoms with Gasteiger partial charge in [0.2, 0.25) is 0 Å². The van der Waals surface area contributed by atoms with Gasteiger partial charge in [0.15, 0.2) is 11.6 Å². The third kappa shape index (κ3) is 5.22. The molecule has 1 unspecified atom stereocenters. The maximum Gasteiger partial charge on any atom is 0.305 e. The van der Waals surface area contributed by atoms with Crippen molar-refractivity contribution in [2.24, 2.45) is 0 Å². The van der Waals surface area contributed by atoms with Gasteiger partial charge in [0.1, 0.15) is 17.1 Å². The molecule has 0 fully saturated rings. The van der Waals surface area contributed by atoms with E-state index in [1.807, 2.05) is 19.1 Å². The maximum absolute atomic E-state index is 13.7. The third-order valence-corrected chi connectivity index (χ3v) is 4.67. The maximum atomic E-state index is 13.7. The number of halogens is 2. The van der Waals surface area contributed by atoms with Gasteiger partial charge in [0.05, 0.1) is 19.6 Å². The van der Waals surface area contributed by atoms with Gasteiger partial charge in [0, 0.05) is 5.56 Å². The fourth-order valence-corrected chi connectivity index (χ4v) is 3.05. The van der Waals surface area contributed by atoms with E-state index in [1.165, 1.54) is 25.3 Å². The van der Waals surface area contributed by atoms with Gasteiger partial charge >= 0.3 is 5.97 Å². The van der Waals surface area contributed by atoms with E-state index in [0.717, 1.165) is 17.7 Å². The molecule has 0 saturated carbocycles. The second-order valence-corrected chi connectivity index (χ2v) is 6.91. The first kappa shape index (κ1) is 21.9. The molecular weight excluding hydrogens is 406 g/mol. The summed E-state index contributed by atoms with van der Waals surface area (Å²) in [7, 11) is 1.39. The number of carboxylic acid groups (broad SMARTS) is 1. The van der Waals surface area contributed by atoms with E-state index in [2.05, 4.69) is 10.3 Å². The number of carbonyl (C=O) groups is 2. The van der Waals surface area contributed by atoms with Crippen LogP contribution in [0.4, 0.5) is 8.78 Å². The molecule has 160 valence electrons. The third-order valence-electron chi connectivity index (χ3n) is 4.67. The molecule has 8 heteroatoms. The minimum atomic E-state index is -1.07. The summed E-state index contributed by atoms with van der Waals surface area (Å²) in [4.78, 5) is 28.4. The van der Waals surface area contributed by atoms with E-state index in [1.54, 1.807) is 12.1 Å². The fourth-order valence-electron chi connectivity index (χ4n) is 3.05. The zero-order valence-electron chi connectivity index (χ0n) is 16.9.